The standard InChI is InChI=1S/C29H29N7O4/c37-25-8-7-24(27(38)33-25)36-28(39)21-6-5-18(12-22(21)29(36)40)31-13-16-10-20(11-16)35-15-23(26(34-35)17-3-4-17)32-19-2-1-9-30-14-19/h1-2,5-6,9,12,14-17,20,24,31-32H,3-4,7-8,10-11,13H2,(H,33,37,38). The number of amides is 4. The van der Waals surface area contributed by atoms with Gasteiger partial charge in [-0.15, -0.1) is 0 Å². The van der Waals surface area contributed by atoms with Crippen LogP contribution in [0.25, 0.3) is 0 Å². The Morgan fingerprint density at radius 3 is 2.55 bits per heavy atom. The zero-order valence-electron chi connectivity index (χ0n) is 21.8. The largest absolute Gasteiger partial charge is 0.385 e. The fraction of sp³-hybridized carbons (Fsp3) is 0.379. The number of benzene rings is 1. The molecular weight excluding hydrogens is 510 g/mol. The molecule has 0 radical (unpaired) electrons. The number of aromatic nitrogens is 3. The van der Waals surface area contributed by atoms with Crippen LogP contribution in [-0.4, -0.2) is 55.9 Å². The number of imide groups is 2. The summed E-state index contributed by atoms with van der Waals surface area (Å²) < 4.78 is 2.10. The highest BCUT2D eigenvalue weighted by Crippen LogP contribution is 2.45. The summed E-state index contributed by atoms with van der Waals surface area (Å²) in [7, 11) is 0. The highest BCUT2D eigenvalue weighted by molar-refractivity contribution is 6.23. The first-order chi connectivity index (χ1) is 19.4. The van der Waals surface area contributed by atoms with Gasteiger partial charge in [0.05, 0.1) is 40.4 Å². The molecule has 3 N–H and O–H groups in total. The molecule has 2 aromatic heterocycles. The minimum atomic E-state index is -0.962. The summed E-state index contributed by atoms with van der Waals surface area (Å²) in [6.07, 6.45) is 10.3. The molecule has 11 nitrogen and oxygen atoms in total. The van der Waals surface area contributed by atoms with Gasteiger partial charge < -0.3 is 10.6 Å². The van der Waals surface area contributed by atoms with E-state index < -0.39 is 23.8 Å². The predicted octanol–water partition coefficient (Wildman–Crippen LogP) is 3.36. The van der Waals surface area contributed by atoms with Gasteiger partial charge in [-0.25, -0.2) is 0 Å². The third-order valence-corrected chi connectivity index (χ3v) is 8.28. The Kier molecular flexibility index (Phi) is 5.87. The number of fused-ring (bicyclic) bond motifs is 1. The average Bonchev–Trinajstić information content (AvgIpc) is 3.64. The fourth-order valence-corrected chi connectivity index (χ4v) is 5.87. The van der Waals surface area contributed by atoms with Crippen LogP contribution in [0.5, 0.6) is 0 Å². The van der Waals surface area contributed by atoms with Crippen LogP contribution in [-0.2, 0) is 9.59 Å². The predicted molar refractivity (Wildman–Crippen MR) is 145 cm³/mol. The lowest BCUT2D eigenvalue weighted by Crippen LogP contribution is -2.54. The zero-order valence-corrected chi connectivity index (χ0v) is 21.8. The monoisotopic (exact) mass is 539 g/mol. The van der Waals surface area contributed by atoms with Crippen LogP contribution >= 0.6 is 0 Å². The topological polar surface area (TPSA) is 138 Å². The Labute approximate surface area is 230 Å². The van der Waals surface area contributed by atoms with Gasteiger partial charge >= 0.3 is 0 Å². The molecule has 4 amide bonds. The van der Waals surface area contributed by atoms with Crippen LogP contribution in [0.2, 0.25) is 0 Å². The molecule has 2 saturated carbocycles. The second kappa shape index (κ2) is 9.58. The van der Waals surface area contributed by atoms with Gasteiger partial charge in [-0.2, -0.15) is 5.10 Å². The lowest BCUT2D eigenvalue weighted by molar-refractivity contribution is -0.136. The molecule has 2 aliphatic heterocycles. The van der Waals surface area contributed by atoms with Crippen LogP contribution in [0.15, 0.2) is 48.9 Å². The van der Waals surface area contributed by atoms with Crippen LogP contribution in [0.4, 0.5) is 17.1 Å². The minimum absolute atomic E-state index is 0.0990. The van der Waals surface area contributed by atoms with E-state index in [0.29, 0.717) is 17.9 Å². The number of nitrogens with one attached hydrogen (secondary N) is 3. The molecule has 1 atom stereocenters. The summed E-state index contributed by atoms with van der Waals surface area (Å²) in [6, 6.07) is 8.40. The van der Waals surface area contributed by atoms with Gasteiger partial charge in [-0.1, -0.05) is 0 Å². The van der Waals surface area contributed by atoms with Crippen molar-refractivity contribution in [2.75, 3.05) is 17.2 Å². The second-order valence-electron chi connectivity index (χ2n) is 11.1. The molecule has 0 bridgehead atoms. The molecule has 4 aliphatic rings. The maximum absolute atomic E-state index is 13.1. The van der Waals surface area contributed by atoms with Crippen LogP contribution in [0.3, 0.4) is 0 Å². The molecule has 3 fully saturated rings. The number of hydrogen-bond donors (Lipinski definition) is 3. The Balaban J connectivity index is 0.969. The summed E-state index contributed by atoms with van der Waals surface area (Å²) in [5.41, 5.74) is 4.46. The fourth-order valence-electron chi connectivity index (χ4n) is 5.87. The number of carbonyl (C=O) groups excluding carboxylic acids is 4. The minimum Gasteiger partial charge on any atom is -0.385 e. The number of piperidine rings is 1. The van der Waals surface area contributed by atoms with Crippen molar-refractivity contribution in [3.8, 4) is 0 Å². The van der Waals surface area contributed by atoms with Crippen molar-refractivity contribution in [3.05, 3.63) is 65.7 Å². The van der Waals surface area contributed by atoms with Crippen LogP contribution in [0.1, 0.15) is 76.9 Å². The van der Waals surface area contributed by atoms with E-state index in [9.17, 15) is 19.2 Å². The van der Waals surface area contributed by atoms with Crippen molar-refractivity contribution in [2.45, 2.75) is 56.5 Å². The van der Waals surface area contributed by atoms with Gasteiger partial charge in [-0.05, 0) is 68.4 Å². The second-order valence-corrected chi connectivity index (χ2v) is 11.1. The Morgan fingerprint density at radius 1 is 0.975 bits per heavy atom. The maximum atomic E-state index is 13.1. The number of anilines is 3. The molecule has 4 heterocycles. The van der Waals surface area contributed by atoms with Crippen molar-refractivity contribution in [1.29, 1.82) is 0 Å². The van der Waals surface area contributed by atoms with E-state index in [1.54, 1.807) is 24.4 Å². The third-order valence-electron chi connectivity index (χ3n) is 8.28. The van der Waals surface area contributed by atoms with Crippen molar-refractivity contribution >= 4 is 40.7 Å². The molecular formula is C29H29N7O4. The van der Waals surface area contributed by atoms with Crippen molar-refractivity contribution in [1.82, 2.24) is 25.0 Å². The van der Waals surface area contributed by atoms with E-state index in [0.717, 1.165) is 47.0 Å². The SMILES string of the molecule is O=C1CCC(N2C(=O)c3ccc(NCC4CC(n5cc(Nc6cccnc6)c(C6CC6)n5)C4)cc3C2=O)C(=O)N1. The van der Waals surface area contributed by atoms with E-state index in [4.69, 9.17) is 5.10 Å². The molecule has 1 saturated heterocycles. The molecule has 1 aromatic carbocycles. The Hall–Kier alpha value is -4.54. The number of rotatable bonds is 8. The molecule has 40 heavy (non-hydrogen) atoms. The molecule has 2 aliphatic carbocycles. The molecule has 204 valence electrons. The Bertz CT molecular complexity index is 1520. The van der Waals surface area contributed by atoms with Gasteiger partial charge in [-0.3, -0.25) is 39.1 Å². The van der Waals surface area contributed by atoms with Crippen molar-refractivity contribution in [3.63, 3.8) is 0 Å². The number of hydrogen-bond acceptors (Lipinski definition) is 8. The summed E-state index contributed by atoms with van der Waals surface area (Å²) in [6.45, 7) is 0.742. The highest BCUT2D eigenvalue weighted by atomic mass is 16.2. The molecule has 7 rings (SSSR count). The number of pyridine rings is 1. The number of carbonyl (C=O) groups is 4. The Morgan fingerprint density at radius 2 is 1.80 bits per heavy atom. The average molecular weight is 540 g/mol. The first-order valence-corrected chi connectivity index (χ1v) is 13.8. The summed E-state index contributed by atoms with van der Waals surface area (Å²) in [5, 5.41) is 14.1. The normalized spacial score (nSPS) is 24.0. The lowest BCUT2D eigenvalue weighted by Gasteiger charge is -2.35. The van der Waals surface area contributed by atoms with Crippen molar-refractivity contribution < 1.29 is 19.2 Å². The van der Waals surface area contributed by atoms with Crippen molar-refractivity contribution in [2.24, 2.45) is 5.92 Å². The lowest BCUT2D eigenvalue weighted by atomic mass is 9.80. The molecule has 1 unspecified atom stereocenters. The third kappa shape index (κ3) is 4.41. The zero-order chi connectivity index (χ0) is 27.4. The summed E-state index contributed by atoms with van der Waals surface area (Å²) in [4.78, 5) is 55.0. The quantitative estimate of drug-likeness (QED) is 0.371. The van der Waals surface area contributed by atoms with Gasteiger partial charge in [0.15, 0.2) is 0 Å². The number of nitrogens with zero attached hydrogens (tertiary/aromatic N) is 4. The molecule has 0 spiro atoms. The first kappa shape index (κ1) is 24.5. The first-order valence-electron chi connectivity index (χ1n) is 13.8. The highest BCUT2D eigenvalue weighted by Gasteiger charge is 2.44. The van der Waals surface area contributed by atoms with Crippen LogP contribution in [0, 0.1) is 5.92 Å². The van der Waals surface area contributed by atoms with E-state index in [2.05, 4.69) is 31.8 Å². The van der Waals surface area contributed by atoms with E-state index in [-0.39, 0.29) is 29.9 Å². The van der Waals surface area contributed by atoms with Crippen LogP contribution < -0.4 is 16.0 Å². The summed E-state index contributed by atoms with van der Waals surface area (Å²) >= 11 is 0. The molecule has 3 aromatic rings. The van der Waals surface area contributed by atoms with Gasteiger partial charge in [0.2, 0.25) is 11.8 Å². The maximum Gasteiger partial charge on any atom is 0.262 e. The van der Waals surface area contributed by atoms with Gasteiger partial charge in [0, 0.05) is 37.0 Å². The van der Waals surface area contributed by atoms with E-state index >= 15 is 0 Å². The van der Waals surface area contributed by atoms with E-state index in [1.807, 2.05) is 18.3 Å². The van der Waals surface area contributed by atoms with Gasteiger partial charge in [0.1, 0.15) is 6.04 Å². The summed E-state index contributed by atoms with van der Waals surface area (Å²) in [5.74, 6) is -1.00. The van der Waals surface area contributed by atoms with E-state index in [1.165, 1.54) is 12.8 Å². The molecule has 11 heteroatoms. The van der Waals surface area contributed by atoms with Gasteiger partial charge in [0.25, 0.3) is 11.8 Å². The smallest absolute Gasteiger partial charge is 0.262 e.